The summed E-state index contributed by atoms with van der Waals surface area (Å²) < 4.78 is 0. The fraction of sp³-hybridized carbons (Fsp3) is 0.538. The molecule has 0 heteroatoms. The van der Waals surface area contributed by atoms with Crippen molar-refractivity contribution in [2.24, 2.45) is 5.92 Å². The molecule has 1 saturated carbocycles. The van der Waals surface area contributed by atoms with Crippen LogP contribution in [0.5, 0.6) is 0 Å². The molecule has 0 aliphatic heterocycles. The van der Waals surface area contributed by atoms with E-state index in [0.717, 1.165) is 5.92 Å². The molecule has 0 nitrogen and oxygen atoms in total. The van der Waals surface area contributed by atoms with Crippen LogP contribution in [-0.2, 0) is 5.41 Å². The van der Waals surface area contributed by atoms with Gasteiger partial charge in [0.2, 0.25) is 0 Å². The Hall–Kier alpha value is -0.780. The van der Waals surface area contributed by atoms with Crippen LogP contribution in [0, 0.1) is 12.8 Å². The zero-order chi connectivity index (χ0) is 9.47. The Labute approximate surface area is 81.0 Å². The van der Waals surface area contributed by atoms with E-state index >= 15 is 0 Å². The highest BCUT2D eigenvalue weighted by molar-refractivity contribution is 5.30. The molecule has 0 bridgehead atoms. The highest BCUT2D eigenvalue weighted by Crippen LogP contribution is 2.46. The van der Waals surface area contributed by atoms with Gasteiger partial charge in [-0.2, -0.15) is 0 Å². The predicted octanol–water partition coefficient (Wildman–Crippen LogP) is 3.68. The maximum absolute atomic E-state index is 2.39. The van der Waals surface area contributed by atoms with Gasteiger partial charge in [0.1, 0.15) is 0 Å². The summed E-state index contributed by atoms with van der Waals surface area (Å²) in [7, 11) is 0. The summed E-state index contributed by atoms with van der Waals surface area (Å²) in [6.45, 7) is 6.88. The van der Waals surface area contributed by atoms with Gasteiger partial charge in [0, 0.05) is 0 Å². The third-order valence-electron chi connectivity index (χ3n) is 3.35. The van der Waals surface area contributed by atoms with Gasteiger partial charge in [-0.3, -0.25) is 0 Å². The molecule has 0 saturated heterocycles. The molecule has 1 aliphatic carbocycles. The molecule has 2 rings (SSSR count). The maximum atomic E-state index is 2.39. The molecule has 0 amide bonds. The highest BCUT2D eigenvalue weighted by atomic mass is 14.4. The van der Waals surface area contributed by atoms with Crippen LogP contribution in [0.1, 0.15) is 37.8 Å². The molecule has 0 spiro atoms. The maximum Gasteiger partial charge on any atom is -0.00702 e. The van der Waals surface area contributed by atoms with Crippen molar-refractivity contribution in [3.05, 3.63) is 35.4 Å². The molecular formula is C13H18. The van der Waals surface area contributed by atoms with Crippen molar-refractivity contribution in [2.75, 3.05) is 0 Å². The van der Waals surface area contributed by atoms with Crippen molar-refractivity contribution < 1.29 is 0 Å². The second-order valence-corrected chi connectivity index (χ2v) is 4.94. The number of hydrogen-bond acceptors (Lipinski definition) is 0. The van der Waals surface area contributed by atoms with Gasteiger partial charge in [-0.25, -0.2) is 0 Å². The van der Waals surface area contributed by atoms with E-state index in [4.69, 9.17) is 0 Å². The van der Waals surface area contributed by atoms with E-state index in [2.05, 4.69) is 45.0 Å². The summed E-state index contributed by atoms with van der Waals surface area (Å²) in [5.41, 5.74) is 3.36. The lowest BCUT2D eigenvalue weighted by Gasteiger charge is -2.44. The molecule has 1 aromatic rings. The third-order valence-corrected chi connectivity index (χ3v) is 3.35. The first-order chi connectivity index (χ1) is 6.10. The van der Waals surface area contributed by atoms with E-state index in [1.807, 2.05) is 0 Å². The summed E-state index contributed by atoms with van der Waals surface area (Å²) in [6.07, 6.45) is 2.71. The Kier molecular flexibility index (Phi) is 1.94. The summed E-state index contributed by atoms with van der Waals surface area (Å²) in [5.74, 6) is 0.923. The summed E-state index contributed by atoms with van der Waals surface area (Å²) in [5, 5.41) is 0. The first-order valence-corrected chi connectivity index (χ1v) is 5.17. The fourth-order valence-corrected chi connectivity index (χ4v) is 2.67. The molecule has 1 aromatic carbocycles. The van der Waals surface area contributed by atoms with E-state index in [0.29, 0.717) is 5.41 Å². The lowest BCUT2D eigenvalue weighted by molar-refractivity contribution is 0.178. The van der Waals surface area contributed by atoms with Crippen LogP contribution in [0.4, 0.5) is 0 Å². The topological polar surface area (TPSA) is 0 Å². The van der Waals surface area contributed by atoms with Crippen LogP contribution in [0.25, 0.3) is 0 Å². The molecular weight excluding hydrogens is 156 g/mol. The summed E-state index contributed by atoms with van der Waals surface area (Å²) >= 11 is 0. The Balaban J connectivity index is 2.22. The van der Waals surface area contributed by atoms with Crippen LogP contribution >= 0.6 is 0 Å². The standard InChI is InChI=1S/C13H18/c1-10-4-6-12(7-5-10)13(3)8-11(2)9-13/h4-7,11H,8-9H2,1-3H3. The smallest absolute Gasteiger partial charge is 0.00702 e. The van der Waals surface area contributed by atoms with Gasteiger partial charge in [0.05, 0.1) is 0 Å². The van der Waals surface area contributed by atoms with Crippen molar-refractivity contribution in [1.29, 1.82) is 0 Å². The number of hydrogen-bond donors (Lipinski definition) is 0. The van der Waals surface area contributed by atoms with Crippen LogP contribution in [0.3, 0.4) is 0 Å². The van der Waals surface area contributed by atoms with Gasteiger partial charge >= 0.3 is 0 Å². The Bertz CT molecular complexity index is 288. The third kappa shape index (κ3) is 1.50. The van der Waals surface area contributed by atoms with Gasteiger partial charge in [0.15, 0.2) is 0 Å². The van der Waals surface area contributed by atoms with E-state index in [9.17, 15) is 0 Å². The molecule has 1 aliphatic rings. The van der Waals surface area contributed by atoms with Crippen LogP contribution in [-0.4, -0.2) is 0 Å². The second-order valence-electron chi connectivity index (χ2n) is 4.94. The summed E-state index contributed by atoms with van der Waals surface area (Å²) in [6, 6.07) is 9.04. The number of aryl methyl sites for hydroxylation is 1. The number of rotatable bonds is 1. The number of benzene rings is 1. The second kappa shape index (κ2) is 2.87. The van der Waals surface area contributed by atoms with Gasteiger partial charge in [-0.1, -0.05) is 43.7 Å². The van der Waals surface area contributed by atoms with Gasteiger partial charge in [-0.05, 0) is 36.7 Å². The first-order valence-electron chi connectivity index (χ1n) is 5.17. The quantitative estimate of drug-likeness (QED) is 0.609. The van der Waals surface area contributed by atoms with Crippen LogP contribution in [0.2, 0.25) is 0 Å². The van der Waals surface area contributed by atoms with E-state index in [1.54, 1.807) is 0 Å². The molecule has 0 unspecified atom stereocenters. The zero-order valence-electron chi connectivity index (χ0n) is 8.80. The normalized spacial score (nSPS) is 32.7. The minimum atomic E-state index is 0.479. The molecule has 0 heterocycles. The molecule has 70 valence electrons. The van der Waals surface area contributed by atoms with Gasteiger partial charge in [-0.15, -0.1) is 0 Å². The Morgan fingerprint density at radius 2 is 1.69 bits per heavy atom. The van der Waals surface area contributed by atoms with Crippen LogP contribution in [0.15, 0.2) is 24.3 Å². The van der Waals surface area contributed by atoms with E-state index < -0.39 is 0 Å². The highest BCUT2D eigenvalue weighted by Gasteiger charge is 2.38. The SMILES string of the molecule is Cc1ccc(C2(C)CC(C)C2)cc1. The molecule has 1 fully saturated rings. The van der Waals surface area contributed by atoms with Crippen molar-refractivity contribution in [3.8, 4) is 0 Å². The molecule has 0 radical (unpaired) electrons. The minimum absolute atomic E-state index is 0.479. The van der Waals surface area contributed by atoms with Crippen LogP contribution < -0.4 is 0 Å². The van der Waals surface area contributed by atoms with E-state index in [1.165, 1.54) is 24.0 Å². The Morgan fingerprint density at radius 3 is 2.15 bits per heavy atom. The van der Waals surface area contributed by atoms with Gasteiger partial charge in [0.25, 0.3) is 0 Å². The fourth-order valence-electron chi connectivity index (χ4n) is 2.67. The average Bonchev–Trinajstić information content (AvgIpc) is 2.03. The molecule has 13 heavy (non-hydrogen) atoms. The zero-order valence-corrected chi connectivity index (χ0v) is 8.80. The van der Waals surface area contributed by atoms with Crippen molar-refractivity contribution >= 4 is 0 Å². The molecule has 0 N–H and O–H groups in total. The largest absolute Gasteiger partial charge is 0.0624 e. The monoisotopic (exact) mass is 174 g/mol. The molecule has 0 atom stereocenters. The predicted molar refractivity (Wildman–Crippen MR) is 56.9 cm³/mol. The van der Waals surface area contributed by atoms with Gasteiger partial charge < -0.3 is 0 Å². The minimum Gasteiger partial charge on any atom is -0.0624 e. The van der Waals surface area contributed by atoms with Crippen molar-refractivity contribution in [1.82, 2.24) is 0 Å². The lowest BCUT2D eigenvalue weighted by atomic mass is 9.60. The lowest BCUT2D eigenvalue weighted by Crippen LogP contribution is -2.36. The summed E-state index contributed by atoms with van der Waals surface area (Å²) in [4.78, 5) is 0. The molecule has 0 aromatic heterocycles. The van der Waals surface area contributed by atoms with Crippen molar-refractivity contribution in [3.63, 3.8) is 0 Å². The first kappa shape index (κ1) is 8.80. The van der Waals surface area contributed by atoms with E-state index in [-0.39, 0.29) is 0 Å². The average molecular weight is 174 g/mol. The van der Waals surface area contributed by atoms with Crippen molar-refractivity contribution in [2.45, 2.75) is 39.0 Å². The Morgan fingerprint density at radius 1 is 1.15 bits per heavy atom.